The first kappa shape index (κ1) is 73.5. The number of rotatable bonds is 53. The Morgan fingerprint density at radius 3 is 1.25 bits per heavy atom. The highest BCUT2D eigenvalue weighted by atomic mass is 31.2. The van der Waals surface area contributed by atoms with Crippen LogP contribution in [0.4, 0.5) is 0 Å². The van der Waals surface area contributed by atoms with Gasteiger partial charge in [0, 0.05) is 45.6 Å². The Balaban J connectivity index is 4.95. The zero-order valence-electron chi connectivity index (χ0n) is 49.6. The molecule has 0 heterocycles. The van der Waals surface area contributed by atoms with E-state index in [9.17, 15) is 38.1 Å². The molecule has 0 fully saturated rings. The van der Waals surface area contributed by atoms with Crippen LogP contribution in [0, 0.1) is 47.3 Å². The molecule has 0 aromatic rings. The Bertz CT molecular complexity index is 1560. The molecule has 444 valence electrons. The number of Topliss-reactive ketones (excluding diaryl/α,β-unsaturated/α-hetero) is 2. The first-order chi connectivity index (χ1) is 35.4. The maximum atomic E-state index is 13.2. The lowest BCUT2D eigenvalue weighted by molar-refractivity contribution is -0.223. The monoisotopic (exact) mass is 1110 g/mol. The smallest absolute Gasteiger partial charge is 0.472 e. The topological polar surface area (TPSA) is 201 Å². The third-order valence-electron chi connectivity index (χ3n) is 14.6. The predicted molar refractivity (Wildman–Crippen MR) is 301 cm³/mol. The molecule has 0 aromatic heterocycles. The summed E-state index contributed by atoms with van der Waals surface area (Å²) in [6.45, 7) is 21.6. The molecule has 0 saturated heterocycles. The van der Waals surface area contributed by atoms with Gasteiger partial charge in [0.1, 0.15) is 18.2 Å². The van der Waals surface area contributed by atoms with E-state index in [4.69, 9.17) is 18.5 Å². The summed E-state index contributed by atoms with van der Waals surface area (Å²) in [6.07, 6.45) is 25.9. The van der Waals surface area contributed by atoms with Gasteiger partial charge < -0.3 is 28.3 Å². The van der Waals surface area contributed by atoms with E-state index in [1.807, 2.05) is 13.8 Å². The number of ketones is 2. The molecule has 0 spiro atoms. The Morgan fingerprint density at radius 1 is 0.427 bits per heavy atom. The van der Waals surface area contributed by atoms with E-state index in [1.165, 1.54) is 77.0 Å². The fourth-order valence-electron chi connectivity index (χ4n) is 9.53. The van der Waals surface area contributed by atoms with Crippen molar-refractivity contribution in [1.82, 2.24) is 0 Å². The van der Waals surface area contributed by atoms with E-state index in [0.29, 0.717) is 37.5 Å². The van der Waals surface area contributed by atoms with Crippen molar-refractivity contribution in [2.24, 2.45) is 47.3 Å². The van der Waals surface area contributed by atoms with Gasteiger partial charge in [-0.3, -0.25) is 32.8 Å². The van der Waals surface area contributed by atoms with Crippen molar-refractivity contribution in [2.75, 3.05) is 33.5 Å². The van der Waals surface area contributed by atoms with Crippen LogP contribution in [0.2, 0.25) is 0 Å². The van der Waals surface area contributed by atoms with E-state index < -0.39 is 40.3 Å². The highest BCUT2D eigenvalue weighted by molar-refractivity contribution is 7.47. The number of phosphoric acid groups is 2. The number of esters is 2. The van der Waals surface area contributed by atoms with Gasteiger partial charge in [0.15, 0.2) is 6.10 Å². The van der Waals surface area contributed by atoms with Gasteiger partial charge in [0.25, 0.3) is 7.82 Å². The van der Waals surface area contributed by atoms with Crippen LogP contribution in [0.1, 0.15) is 268 Å². The normalized spacial score (nSPS) is 16.4. The molecule has 0 aliphatic carbocycles. The number of unbranched alkanes of at least 4 members (excludes halogenated alkanes) is 4. The molecule has 0 bridgehead atoms. The lowest BCUT2D eigenvalue weighted by atomic mass is 9.91. The van der Waals surface area contributed by atoms with Crippen molar-refractivity contribution in [3.63, 3.8) is 0 Å². The molecule has 0 aliphatic heterocycles. The van der Waals surface area contributed by atoms with Gasteiger partial charge in [-0.1, -0.05) is 204 Å². The number of phosphoric ester groups is 2. The lowest BCUT2D eigenvalue weighted by Gasteiger charge is -2.21. The largest absolute Gasteiger partial charge is 0.756 e. The van der Waals surface area contributed by atoms with Crippen LogP contribution < -0.4 is 4.89 Å². The summed E-state index contributed by atoms with van der Waals surface area (Å²) < 4.78 is 54.8. The van der Waals surface area contributed by atoms with Crippen molar-refractivity contribution >= 4 is 39.2 Å². The second-order valence-electron chi connectivity index (χ2n) is 23.8. The molecule has 0 rings (SSSR count). The fraction of sp³-hybridized carbons (Fsp3) is 0.932. The van der Waals surface area contributed by atoms with Crippen molar-refractivity contribution in [1.29, 1.82) is 0 Å². The molecule has 9 atom stereocenters. The highest BCUT2D eigenvalue weighted by Gasteiger charge is 2.27. The lowest BCUT2D eigenvalue weighted by Crippen LogP contribution is -2.30. The van der Waals surface area contributed by atoms with Crippen molar-refractivity contribution < 1.29 is 65.7 Å². The van der Waals surface area contributed by atoms with Crippen LogP contribution in [0.5, 0.6) is 0 Å². The van der Waals surface area contributed by atoms with E-state index in [-0.39, 0.29) is 75.3 Å². The molecule has 0 amide bonds. The van der Waals surface area contributed by atoms with Crippen LogP contribution in [0.15, 0.2) is 0 Å². The minimum atomic E-state index is -4.62. The minimum absolute atomic E-state index is 0.0596. The summed E-state index contributed by atoms with van der Waals surface area (Å²) in [7, 11) is -7.77. The summed E-state index contributed by atoms with van der Waals surface area (Å²) in [5, 5.41) is 0. The predicted octanol–water partition coefficient (Wildman–Crippen LogP) is 16.1. The number of carbonyl (C=O) groups excluding carboxylic acids is 4. The van der Waals surface area contributed by atoms with Gasteiger partial charge in [-0.15, -0.1) is 0 Å². The van der Waals surface area contributed by atoms with Gasteiger partial charge in [-0.2, -0.15) is 0 Å². The van der Waals surface area contributed by atoms with Crippen LogP contribution in [0.25, 0.3) is 0 Å². The van der Waals surface area contributed by atoms with E-state index >= 15 is 0 Å². The van der Waals surface area contributed by atoms with Crippen molar-refractivity contribution in [3.8, 4) is 0 Å². The quantitative estimate of drug-likeness (QED) is 0.0342. The molecule has 0 aliphatic rings. The SMILES string of the molecule is COP(=O)([O-])OCCCCCCCC(=O)CCCC(=O)CCCOP(=O)(O)OC[C@@H](COC(=O)CC(C)CCCC(C)CCCC(C)CCCC(C)C)OC(=O)CC(C)CCCC(C)CCCC(C)CCCC(C)C. The summed E-state index contributed by atoms with van der Waals surface area (Å²) >= 11 is 0. The third-order valence-corrected chi connectivity index (χ3v) is 16.5. The average molecular weight is 1110 g/mol. The van der Waals surface area contributed by atoms with E-state index in [1.54, 1.807) is 0 Å². The number of ether oxygens (including phenoxy) is 2. The molecule has 0 aromatic carbocycles. The molecule has 14 nitrogen and oxygen atoms in total. The first-order valence-electron chi connectivity index (χ1n) is 29.9. The van der Waals surface area contributed by atoms with Gasteiger partial charge >= 0.3 is 19.8 Å². The van der Waals surface area contributed by atoms with Crippen LogP contribution in [-0.4, -0.2) is 68.0 Å². The average Bonchev–Trinajstić information content (AvgIpc) is 3.31. The maximum absolute atomic E-state index is 13.2. The minimum Gasteiger partial charge on any atom is -0.756 e. The summed E-state index contributed by atoms with van der Waals surface area (Å²) in [4.78, 5) is 72.7. The number of carbonyl (C=O) groups is 4. The Kier molecular flexibility index (Phi) is 44.3. The highest BCUT2D eigenvalue weighted by Crippen LogP contribution is 2.43. The molecule has 1 N–H and O–H groups in total. The zero-order chi connectivity index (χ0) is 56.5. The zero-order valence-corrected chi connectivity index (χ0v) is 51.4. The molecular formula is C59H113O14P2-. The molecule has 16 heteroatoms. The molecular weight excluding hydrogens is 995 g/mol. The second-order valence-corrected chi connectivity index (χ2v) is 26.8. The second kappa shape index (κ2) is 45.3. The standard InChI is InChI=1S/C59H114O14P2/c1-47(2)25-17-27-49(5)29-19-31-51(7)33-21-35-53(9)43-58(62)69-45-57(73-59(63)44-54(10)36-22-34-52(8)32-20-30-50(6)28-18-26-48(3)4)46-72-75(66,67)71-42-24-40-56(61)39-23-38-55(60)37-15-13-12-14-16-41-70-74(64,65)68-11/h47-54,57H,12-46H2,1-11H3,(H,64,65)(H,66,67)/p-1/t49?,50?,51?,52?,53?,54?,57-/m1/s1. The van der Waals surface area contributed by atoms with Crippen LogP contribution >= 0.6 is 15.6 Å². The van der Waals surface area contributed by atoms with Gasteiger partial charge in [-0.05, 0) is 73.0 Å². The van der Waals surface area contributed by atoms with Crippen LogP contribution in [-0.2, 0) is 55.9 Å². The molecule has 0 saturated carbocycles. The third kappa shape index (κ3) is 48.2. The van der Waals surface area contributed by atoms with Crippen molar-refractivity contribution in [3.05, 3.63) is 0 Å². The first-order valence-corrected chi connectivity index (χ1v) is 32.9. The molecule has 0 radical (unpaired) electrons. The Morgan fingerprint density at radius 2 is 0.800 bits per heavy atom. The van der Waals surface area contributed by atoms with E-state index in [2.05, 4.69) is 64.4 Å². The summed E-state index contributed by atoms with van der Waals surface area (Å²) in [5.74, 6) is 3.55. The summed E-state index contributed by atoms with van der Waals surface area (Å²) in [6, 6.07) is 0. The Hall–Kier alpha value is -1.50. The maximum Gasteiger partial charge on any atom is 0.472 e. The fourth-order valence-corrected chi connectivity index (χ4v) is 10.8. The molecule has 8 unspecified atom stereocenters. The van der Waals surface area contributed by atoms with E-state index in [0.717, 1.165) is 95.0 Å². The van der Waals surface area contributed by atoms with Gasteiger partial charge in [0.05, 0.1) is 19.8 Å². The molecule has 75 heavy (non-hydrogen) atoms. The number of hydrogen-bond donors (Lipinski definition) is 1. The number of hydrogen-bond acceptors (Lipinski definition) is 13. The van der Waals surface area contributed by atoms with Crippen LogP contribution in [0.3, 0.4) is 0 Å². The van der Waals surface area contributed by atoms with Crippen molar-refractivity contribution in [2.45, 2.75) is 274 Å². The summed E-state index contributed by atoms with van der Waals surface area (Å²) in [5.41, 5.74) is 0. The van der Waals surface area contributed by atoms with Gasteiger partial charge in [0.2, 0.25) is 0 Å². The van der Waals surface area contributed by atoms with Gasteiger partial charge in [-0.25, -0.2) is 4.57 Å². The Labute approximate surface area is 458 Å².